The van der Waals surface area contributed by atoms with E-state index >= 15 is 0 Å². The maximum Gasteiger partial charge on any atom is 0.265 e. The monoisotopic (exact) mass is 433 g/mol. The van der Waals surface area contributed by atoms with Gasteiger partial charge < -0.3 is 10.6 Å². The van der Waals surface area contributed by atoms with Crippen LogP contribution in [0.5, 0.6) is 0 Å². The van der Waals surface area contributed by atoms with Crippen molar-refractivity contribution >= 4 is 42.1 Å². The molecule has 2 aromatic rings. The molecule has 0 aliphatic carbocycles. The van der Waals surface area contributed by atoms with Gasteiger partial charge in [-0.1, -0.05) is 12.1 Å². The largest absolute Gasteiger partial charge is 0.338 e. The van der Waals surface area contributed by atoms with Crippen LogP contribution in [0, 0.1) is 18.7 Å². The molecule has 1 saturated heterocycles. The second-order valence-corrected chi connectivity index (χ2v) is 7.92. The summed E-state index contributed by atoms with van der Waals surface area (Å²) in [7, 11) is 0. The van der Waals surface area contributed by atoms with Crippen LogP contribution in [0.15, 0.2) is 24.3 Å². The Kier molecular flexibility index (Phi) is 9.15. The predicted molar refractivity (Wildman–Crippen MR) is 113 cm³/mol. The molecule has 8 heteroatoms. The lowest BCUT2D eigenvalue weighted by Crippen LogP contribution is -2.45. The third-order valence-corrected chi connectivity index (χ3v) is 5.94. The van der Waals surface area contributed by atoms with Crippen molar-refractivity contribution < 1.29 is 9.18 Å². The van der Waals surface area contributed by atoms with Gasteiger partial charge in [-0.25, -0.2) is 9.37 Å². The number of carbonyl (C=O) groups excluding carboxylic acids is 1. The van der Waals surface area contributed by atoms with E-state index in [-0.39, 0.29) is 42.6 Å². The van der Waals surface area contributed by atoms with Gasteiger partial charge in [0.1, 0.15) is 10.7 Å². The molecule has 2 N–H and O–H groups in total. The third kappa shape index (κ3) is 5.88. The second kappa shape index (κ2) is 10.4. The van der Waals surface area contributed by atoms with E-state index in [9.17, 15) is 9.18 Å². The minimum Gasteiger partial charge on any atom is -0.338 e. The number of thiazole rings is 1. The van der Waals surface area contributed by atoms with Gasteiger partial charge in [-0.15, -0.1) is 36.2 Å². The molecule has 1 aliphatic heterocycles. The fraction of sp³-hybridized carbons (Fsp3) is 0.474. The van der Waals surface area contributed by atoms with Crippen LogP contribution in [0.25, 0.3) is 0 Å². The topological polar surface area (TPSA) is 59.2 Å². The molecule has 2 atom stereocenters. The first kappa shape index (κ1) is 23.8. The second-order valence-electron chi connectivity index (χ2n) is 6.84. The summed E-state index contributed by atoms with van der Waals surface area (Å²) in [4.78, 5) is 20.1. The van der Waals surface area contributed by atoms with Gasteiger partial charge in [-0.3, -0.25) is 4.79 Å². The number of benzene rings is 1. The van der Waals surface area contributed by atoms with E-state index in [4.69, 9.17) is 5.73 Å². The van der Waals surface area contributed by atoms with Crippen molar-refractivity contribution in [1.82, 2.24) is 9.88 Å². The van der Waals surface area contributed by atoms with Crippen LogP contribution in [-0.2, 0) is 6.42 Å². The zero-order valence-corrected chi connectivity index (χ0v) is 17.9. The van der Waals surface area contributed by atoms with Gasteiger partial charge in [0, 0.05) is 25.6 Å². The molecule has 0 saturated carbocycles. The molecule has 150 valence electrons. The van der Waals surface area contributed by atoms with Crippen molar-refractivity contribution in [2.24, 2.45) is 11.7 Å². The summed E-state index contributed by atoms with van der Waals surface area (Å²) >= 11 is 1.44. The molecule has 2 heterocycles. The Morgan fingerprint density at radius 2 is 2.04 bits per heavy atom. The van der Waals surface area contributed by atoms with E-state index in [1.807, 2.05) is 18.7 Å². The van der Waals surface area contributed by atoms with Crippen molar-refractivity contribution in [3.63, 3.8) is 0 Å². The van der Waals surface area contributed by atoms with Gasteiger partial charge in [0.05, 0.1) is 10.7 Å². The van der Waals surface area contributed by atoms with Crippen molar-refractivity contribution in [2.45, 2.75) is 39.2 Å². The van der Waals surface area contributed by atoms with Gasteiger partial charge in [0.2, 0.25) is 0 Å². The van der Waals surface area contributed by atoms with Gasteiger partial charge >= 0.3 is 0 Å². The van der Waals surface area contributed by atoms with Gasteiger partial charge in [0.15, 0.2) is 0 Å². The number of amides is 1. The minimum absolute atomic E-state index is 0. The predicted octanol–water partition coefficient (Wildman–Crippen LogP) is 4.22. The van der Waals surface area contributed by atoms with Crippen LogP contribution in [-0.4, -0.2) is 34.9 Å². The van der Waals surface area contributed by atoms with Crippen LogP contribution in [0.3, 0.4) is 0 Å². The molecule has 0 bridgehead atoms. The number of rotatable bonds is 4. The standard InChI is InChI=1S/C19H24FN3OS.2ClH/c1-12(21)15-4-3-9-23(11-15)19(24)18-13(2)22-17(25-18)10-14-5-7-16(20)8-6-14;;/h5-8,12,15H,3-4,9-11,21H2,1-2H3;2*1H. The van der Waals surface area contributed by atoms with Crippen LogP contribution in [0.1, 0.15) is 45.7 Å². The average molecular weight is 434 g/mol. The summed E-state index contributed by atoms with van der Waals surface area (Å²) in [5.74, 6) is 0.180. The highest BCUT2D eigenvalue weighted by atomic mass is 35.5. The molecule has 3 rings (SSSR count). The Balaban J connectivity index is 0.00000182. The Morgan fingerprint density at radius 3 is 2.67 bits per heavy atom. The van der Waals surface area contributed by atoms with Crippen molar-refractivity contribution in [2.75, 3.05) is 13.1 Å². The van der Waals surface area contributed by atoms with E-state index < -0.39 is 0 Å². The number of hydrogen-bond acceptors (Lipinski definition) is 4. The fourth-order valence-corrected chi connectivity index (χ4v) is 4.34. The van der Waals surface area contributed by atoms with Crippen molar-refractivity contribution in [3.05, 3.63) is 51.2 Å². The Labute approximate surface area is 176 Å². The highest BCUT2D eigenvalue weighted by Gasteiger charge is 2.28. The molecule has 1 aliphatic rings. The third-order valence-electron chi connectivity index (χ3n) is 4.79. The average Bonchev–Trinajstić information content (AvgIpc) is 2.96. The molecule has 0 radical (unpaired) electrons. The van der Waals surface area contributed by atoms with Crippen LogP contribution < -0.4 is 5.73 Å². The number of likely N-dealkylation sites (tertiary alicyclic amines) is 1. The molecular weight excluding hydrogens is 408 g/mol. The molecule has 2 unspecified atom stereocenters. The SMILES string of the molecule is Cc1nc(Cc2ccc(F)cc2)sc1C(=O)N1CCCC(C(C)N)C1.Cl.Cl. The highest BCUT2D eigenvalue weighted by molar-refractivity contribution is 7.13. The van der Waals surface area contributed by atoms with Crippen LogP contribution >= 0.6 is 36.2 Å². The molecular formula is C19H26Cl2FN3OS. The van der Waals surface area contributed by atoms with Gasteiger partial charge in [-0.2, -0.15) is 0 Å². The van der Waals surface area contributed by atoms with Crippen molar-refractivity contribution in [3.8, 4) is 0 Å². The van der Waals surface area contributed by atoms with Gasteiger partial charge in [-0.05, 0) is 50.3 Å². The quantitative estimate of drug-likeness (QED) is 0.784. The summed E-state index contributed by atoms with van der Waals surface area (Å²) in [6.45, 7) is 5.40. The van der Waals surface area contributed by atoms with Crippen LogP contribution in [0.2, 0.25) is 0 Å². The van der Waals surface area contributed by atoms with E-state index in [1.165, 1.54) is 23.5 Å². The highest BCUT2D eigenvalue weighted by Crippen LogP contribution is 2.26. The normalized spacial score (nSPS) is 17.6. The fourth-order valence-electron chi connectivity index (χ4n) is 3.27. The lowest BCUT2D eigenvalue weighted by Gasteiger charge is -2.34. The summed E-state index contributed by atoms with van der Waals surface area (Å²) in [5.41, 5.74) is 7.79. The summed E-state index contributed by atoms with van der Waals surface area (Å²) in [5, 5.41) is 0.883. The molecule has 4 nitrogen and oxygen atoms in total. The number of hydrogen-bond donors (Lipinski definition) is 1. The lowest BCUT2D eigenvalue weighted by molar-refractivity contribution is 0.0665. The Hall–Kier alpha value is -1.21. The number of aromatic nitrogens is 1. The lowest BCUT2D eigenvalue weighted by atomic mass is 9.92. The number of nitrogens with zero attached hydrogens (tertiary/aromatic N) is 2. The Morgan fingerprint density at radius 1 is 1.37 bits per heavy atom. The molecule has 27 heavy (non-hydrogen) atoms. The van der Waals surface area contributed by atoms with Crippen LogP contribution in [0.4, 0.5) is 4.39 Å². The first-order chi connectivity index (χ1) is 11.9. The van der Waals surface area contributed by atoms with E-state index in [2.05, 4.69) is 4.98 Å². The number of halogens is 3. The van der Waals surface area contributed by atoms with Gasteiger partial charge in [0.25, 0.3) is 5.91 Å². The Bertz CT molecular complexity index is 752. The number of piperidine rings is 1. The van der Waals surface area contributed by atoms with Crippen molar-refractivity contribution in [1.29, 1.82) is 0 Å². The van der Waals surface area contributed by atoms with E-state index in [1.54, 1.807) is 12.1 Å². The molecule has 0 spiro atoms. The number of carbonyl (C=O) groups is 1. The zero-order valence-electron chi connectivity index (χ0n) is 15.5. The zero-order chi connectivity index (χ0) is 18.0. The number of aryl methyl sites for hydroxylation is 1. The molecule has 1 fully saturated rings. The smallest absolute Gasteiger partial charge is 0.265 e. The first-order valence-corrected chi connectivity index (χ1v) is 9.51. The first-order valence-electron chi connectivity index (χ1n) is 8.69. The minimum atomic E-state index is -0.247. The molecule has 1 aromatic heterocycles. The van der Waals surface area contributed by atoms with E-state index in [0.717, 1.165) is 42.2 Å². The molecule has 1 amide bonds. The maximum absolute atomic E-state index is 13.0. The van der Waals surface area contributed by atoms with E-state index in [0.29, 0.717) is 17.2 Å². The summed E-state index contributed by atoms with van der Waals surface area (Å²) < 4.78 is 13.0. The number of nitrogens with two attached hydrogens (primary N) is 1. The maximum atomic E-state index is 13.0. The molecule has 1 aromatic carbocycles. The summed E-state index contributed by atoms with van der Waals surface area (Å²) in [6, 6.07) is 6.51. The summed E-state index contributed by atoms with van der Waals surface area (Å²) in [6.07, 6.45) is 2.69.